The number of aryl methyl sites for hydroxylation is 1. The summed E-state index contributed by atoms with van der Waals surface area (Å²) in [6.07, 6.45) is 1.26. The minimum atomic E-state index is -0.851. The number of carbonyl (C=O) groups is 1. The van der Waals surface area contributed by atoms with Gasteiger partial charge < -0.3 is 14.6 Å². The molecule has 0 aliphatic heterocycles. The van der Waals surface area contributed by atoms with Gasteiger partial charge in [0.05, 0.1) is 19.6 Å². The predicted octanol–water partition coefficient (Wildman–Crippen LogP) is 4.07. The van der Waals surface area contributed by atoms with Crippen LogP contribution in [0.5, 0.6) is 11.5 Å². The summed E-state index contributed by atoms with van der Waals surface area (Å²) in [7, 11) is 1.57. The molecule has 0 aliphatic carbocycles. The lowest BCUT2D eigenvalue weighted by atomic mass is 9.90. The zero-order chi connectivity index (χ0) is 17.5. The summed E-state index contributed by atoms with van der Waals surface area (Å²) in [5.41, 5.74) is 2.77. The molecule has 2 rings (SSSR count). The molecule has 1 unspecified atom stereocenters. The Morgan fingerprint density at radius 1 is 1.08 bits per heavy atom. The molecule has 0 saturated carbocycles. The van der Waals surface area contributed by atoms with Crippen molar-refractivity contribution < 1.29 is 19.4 Å². The van der Waals surface area contributed by atoms with Crippen LogP contribution >= 0.6 is 0 Å². The first kappa shape index (κ1) is 17.9. The smallest absolute Gasteiger partial charge is 0.311 e. The van der Waals surface area contributed by atoms with E-state index in [1.807, 2.05) is 56.3 Å². The Kier molecular flexibility index (Phi) is 6.24. The fourth-order valence-electron chi connectivity index (χ4n) is 2.73. The van der Waals surface area contributed by atoms with Crippen LogP contribution in [-0.4, -0.2) is 24.8 Å². The van der Waals surface area contributed by atoms with Crippen molar-refractivity contribution in [1.29, 1.82) is 0 Å². The van der Waals surface area contributed by atoms with Crippen LogP contribution in [0.1, 0.15) is 36.5 Å². The Hall–Kier alpha value is -2.49. The number of aliphatic carboxylic acids is 1. The summed E-state index contributed by atoms with van der Waals surface area (Å²) >= 11 is 0. The Morgan fingerprint density at radius 2 is 1.75 bits per heavy atom. The zero-order valence-corrected chi connectivity index (χ0v) is 14.4. The van der Waals surface area contributed by atoms with Gasteiger partial charge in [0.1, 0.15) is 11.5 Å². The SMILES string of the molecule is CCOc1ccc(CC(C(=O)O)c2cc(CC)ccc2OC)cc1. The molecule has 0 bridgehead atoms. The highest BCUT2D eigenvalue weighted by Gasteiger charge is 2.24. The molecule has 2 aromatic rings. The maximum Gasteiger partial charge on any atom is 0.311 e. The molecule has 4 nitrogen and oxygen atoms in total. The van der Waals surface area contributed by atoms with E-state index in [2.05, 4.69) is 0 Å². The second kappa shape index (κ2) is 8.39. The monoisotopic (exact) mass is 328 g/mol. The third kappa shape index (κ3) is 4.28. The minimum absolute atomic E-state index is 0.408. The van der Waals surface area contributed by atoms with E-state index in [9.17, 15) is 9.90 Å². The van der Waals surface area contributed by atoms with Gasteiger partial charge in [0.15, 0.2) is 0 Å². The summed E-state index contributed by atoms with van der Waals surface area (Å²) in [4.78, 5) is 11.9. The van der Waals surface area contributed by atoms with E-state index in [1.165, 1.54) is 0 Å². The maximum absolute atomic E-state index is 11.9. The zero-order valence-electron chi connectivity index (χ0n) is 14.4. The molecular formula is C20H24O4. The van der Waals surface area contributed by atoms with Gasteiger partial charge in [-0.1, -0.05) is 31.2 Å². The highest BCUT2D eigenvalue weighted by molar-refractivity contribution is 5.78. The number of hydrogen-bond acceptors (Lipinski definition) is 3. The van der Waals surface area contributed by atoms with E-state index in [4.69, 9.17) is 9.47 Å². The number of methoxy groups -OCH3 is 1. The number of hydrogen-bond donors (Lipinski definition) is 1. The molecule has 0 spiro atoms. The summed E-state index contributed by atoms with van der Waals surface area (Å²) in [5, 5.41) is 9.73. The van der Waals surface area contributed by atoms with Crippen LogP contribution in [0, 0.1) is 0 Å². The first-order valence-corrected chi connectivity index (χ1v) is 8.20. The molecule has 0 saturated heterocycles. The van der Waals surface area contributed by atoms with Crippen molar-refractivity contribution >= 4 is 5.97 Å². The van der Waals surface area contributed by atoms with E-state index in [1.54, 1.807) is 7.11 Å². The lowest BCUT2D eigenvalue weighted by Crippen LogP contribution is -2.16. The first-order valence-electron chi connectivity index (χ1n) is 8.20. The van der Waals surface area contributed by atoms with Crippen molar-refractivity contribution in [2.24, 2.45) is 0 Å². The second-order valence-corrected chi connectivity index (χ2v) is 5.60. The van der Waals surface area contributed by atoms with Gasteiger partial charge in [-0.2, -0.15) is 0 Å². The molecule has 4 heteroatoms. The van der Waals surface area contributed by atoms with Crippen molar-refractivity contribution in [1.82, 2.24) is 0 Å². The van der Waals surface area contributed by atoms with Gasteiger partial charge >= 0.3 is 5.97 Å². The van der Waals surface area contributed by atoms with Gasteiger partial charge in [0.2, 0.25) is 0 Å². The molecule has 0 heterocycles. The van der Waals surface area contributed by atoms with Crippen molar-refractivity contribution in [3.05, 3.63) is 59.2 Å². The van der Waals surface area contributed by atoms with E-state index in [0.717, 1.165) is 28.9 Å². The van der Waals surface area contributed by atoms with E-state index < -0.39 is 11.9 Å². The van der Waals surface area contributed by atoms with Gasteiger partial charge in [-0.25, -0.2) is 0 Å². The lowest BCUT2D eigenvalue weighted by molar-refractivity contribution is -0.138. The highest BCUT2D eigenvalue weighted by Crippen LogP contribution is 2.31. The number of carboxylic acid groups (broad SMARTS) is 1. The fraction of sp³-hybridized carbons (Fsp3) is 0.350. The second-order valence-electron chi connectivity index (χ2n) is 5.60. The van der Waals surface area contributed by atoms with Crippen LogP contribution < -0.4 is 9.47 Å². The van der Waals surface area contributed by atoms with E-state index in [0.29, 0.717) is 18.8 Å². The van der Waals surface area contributed by atoms with Crippen molar-refractivity contribution in [2.75, 3.05) is 13.7 Å². The minimum Gasteiger partial charge on any atom is -0.496 e. The normalized spacial score (nSPS) is 11.8. The number of rotatable bonds is 8. The average molecular weight is 328 g/mol. The Bertz CT molecular complexity index is 677. The summed E-state index contributed by atoms with van der Waals surface area (Å²) in [6.45, 7) is 4.59. The number of benzene rings is 2. The molecule has 0 radical (unpaired) electrons. The molecule has 1 N–H and O–H groups in total. The van der Waals surface area contributed by atoms with Crippen LogP contribution in [0.25, 0.3) is 0 Å². The molecule has 0 aliphatic rings. The molecule has 128 valence electrons. The third-order valence-electron chi connectivity index (χ3n) is 4.05. The first-order chi connectivity index (χ1) is 11.6. The standard InChI is InChI=1S/C20H24O4/c1-4-14-8-11-19(23-3)17(12-14)18(20(21)22)13-15-6-9-16(10-7-15)24-5-2/h6-12,18H,4-5,13H2,1-3H3,(H,21,22). The molecule has 0 amide bonds. The Balaban J connectivity index is 2.31. The molecule has 2 aromatic carbocycles. The maximum atomic E-state index is 11.9. The average Bonchev–Trinajstić information content (AvgIpc) is 2.60. The summed E-state index contributed by atoms with van der Waals surface area (Å²) in [5.74, 6) is -0.0935. The molecular weight excluding hydrogens is 304 g/mol. The quantitative estimate of drug-likeness (QED) is 0.794. The van der Waals surface area contributed by atoms with Gasteiger partial charge in [-0.15, -0.1) is 0 Å². The van der Waals surface area contributed by atoms with Crippen LogP contribution in [0.15, 0.2) is 42.5 Å². The van der Waals surface area contributed by atoms with Crippen LogP contribution in [-0.2, 0) is 17.6 Å². The largest absolute Gasteiger partial charge is 0.496 e. The lowest BCUT2D eigenvalue weighted by Gasteiger charge is -2.17. The van der Waals surface area contributed by atoms with Crippen molar-refractivity contribution in [2.45, 2.75) is 32.6 Å². The Labute approximate surface area is 143 Å². The van der Waals surface area contributed by atoms with Crippen LogP contribution in [0.3, 0.4) is 0 Å². The van der Waals surface area contributed by atoms with Gasteiger partial charge in [0, 0.05) is 5.56 Å². The number of ether oxygens (including phenoxy) is 2. The predicted molar refractivity (Wildman–Crippen MR) is 94.1 cm³/mol. The van der Waals surface area contributed by atoms with Gasteiger partial charge in [0.25, 0.3) is 0 Å². The molecule has 24 heavy (non-hydrogen) atoms. The van der Waals surface area contributed by atoms with Gasteiger partial charge in [-0.05, 0) is 49.1 Å². The van der Waals surface area contributed by atoms with E-state index in [-0.39, 0.29) is 0 Å². The molecule has 0 aromatic heterocycles. The summed E-state index contributed by atoms with van der Waals surface area (Å²) in [6, 6.07) is 13.3. The van der Waals surface area contributed by atoms with Gasteiger partial charge in [-0.3, -0.25) is 4.79 Å². The highest BCUT2D eigenvalue weighted by atomic mass is 16.5. The summed E-state index contributed by atoms with van der Waals surface area (Å²) < 4.78 is 10.8. The van der Waals surface area contributed by atoms with Crippen LogP contribution in [0.4, 0.5) is 0 Å². The van der Waals surface area contributed by atoms with E-state index >= 15 is 0 Å². The Morgan fingerprint density at radius 3 is 2.29 bits per heavy atom. The fourth-order valence-corrected chi connectivity index (χ4v) is 2.73. The third-order valence-corrected chi connectivity index (χ3v) is 4.05. The molecule has 1 atom stereocenters. The van der Waals surface area contributed by atoms with Crippen molar-refractivity contribution in [3.63, 3.8) is 0 Å². The number of carboxylic acids is 1. The topological polar surface area (TPSA) is 55.8 Å². The van der Waals surface area contributed by atoms with Crippen molar-refractivity contribution in [3.8, 4) is 11.5 Å². The molecule has 0 fully saturated rings. The van der Waals surface area contributed by atoms with Crippen LogP contribution in [0.2, 0.25) is 0 Å².